The molecule has 0 unspecified atom stereocenters. The summed E-state index contributed by atoms with van der Waals surface area (Å²) in [5.74, 6) is -0.269. The van der Waals surface area contributed by atoms with Crippen molar-refractivity contribution in [3.05, 3.63) is 88.8 Å². The summed E-state index contributed by atoms with van der Waals surface area (Å²) in [4.78, 5) is 27.4. The lowest BCUT2D eigenvalue weighted by Gasteiger charge is -2.27. The molecule has 0 radical (unpaired) electrons. The van der Waals surface area contributed by atoms with Gasteiger partial charge in [-0.05, 0) is 68.3 Å². The molecule has 2 aromatic carbocycles. The normalized spacial score (nSPS) is 14.0. The third kappa shape index (κ3) is 4.91. The number of carbonyl (C=O) groups is 2. The molecule has 3 aromatic rings. The van der Waals surface area contributed by atoms with Crippen molar-refractivity contribution in [1.82, 2.24) is 9.47 Å². The zero-order valence-corrected chi connectivity index (χ0v) is 19.3. The Hall–Kier alpha value is -3.64. The highest BCUT2D eigenvalue weighted by Crippen LogP contribution is 2.23. The van der Waals surface area contributed by atoms with E-state index in [1.54, 1.807) is 17.0 Å². The van der Waals surface area contributed by atoms with Crippen LogP contribution in [0.4, 0.5) is 5.69 Å². The lowest BCUT2D eigenvalue weighted by atomic mass is 10.0. The van der Waals surface area contributed by atoms with Crippen molar-refractivity contribution in [2.45, 2.75) is 20.8 Å². The number of anilines is 1. The first-order valence-corrected chi connectivity index (χ1v) is 11.2. The number of amides is 2. The quantitative estimate of drug-likeness (QED) is 0.590. The van der Waals surface area contributed by atoms with E-state index < -0.39 is 0 Å². The fourth-order valence-electron chi connectivity index (χ4n) is 4.21. The molecule has 4 rings (SSSR count). The van der Waals surface area contributed by atoms with E-state index in [4.69, 9.17) is 4.74 Å². The second-order valence-corrected chi connectivity index (χ2v) is 8.20. The molecule has 170 valence electrons. The van der Waals surface area contributed by atoms with Gasteiger partial charge >= 0.3 is 0 Å². The summed E-state index contributed by atoms with van der Waals surface area (Å²) in [6, 6.07) is 17.6. The van der Waals surface area contributed by atoms with Crippen molar-refractivity contribution < 1.29 is 14.3 Å². The molecular formula is C27H29N3O3. The third-order valence-corrected chi connectivity index (χ3v) is 6.02. The Balaban J connectivity index is 1.49. The zero-order valence-electron chi connectivity index (χ0n) is 19.3. The molecule has 1 aromatic heterocycles. The van der Waals surface area contributed by atoms with Gasteiger partial charge in [0, 0.05) is 47.5 Å². The minimum atomic E-state index is -0.237. The maximum Gasteiger partial charge on any atom is 0.254 e. The van der Waals surface area contributed by atoms with E-state index in [-0.39, 0.29) is 11.8 Å². The molecule has 0 saturated carbocycles. The fraction of sp³-hybridized carbons (Fsp3) is 0.259. The number of morpholine rings is 1. The predicted molar refractivity (Wildman–Crippen MR) is 131 cm³/mol. The van der Waals surface area contributed by atoms with E-state index in [0.717, 1.165) is 28.2 Å². The minimum absolute atomic E-state index is 0.0317. The molecule has 1 fully saturated rings. The molecule has 6 nitrogen and oxygen atoms in total. The molecule has 1 saturated heterocycles. The Kier molecular flexibility index (Phi) is 6.75. The van der Waals surface area contributed by atoms with Crippen LogP contribution in [0.5, 0.6) is 0 Å². The lowest BCUT2D eigenvalue weighted by molar-refractivity contribution is -0.111. The van der Waals surface area contributed by atoms with Crippen LogP contribution in [0.15, 0.2) is 60.7 Å². The summed E-state index contributed by atoms with van der Waals surface area (Å²) < 4.78 is 7.51. The van der Waals surface area contributed by atoms with E-state index in [1.807, 2.05) is 44.2 Å². The standard InChI is InChI=1S/C27H29N3O3/c1-19-18-22(21(3)30(19)23-8-5-4-6-9-23)12-13-26(31)28-25-11-7-10-24(20(25)2)27(32)29-14-16-33-17-15-29/h4-13,18H,14-17H2,1-3H3,(H,28,31). The second kappa shape index (κ2) is 9.88. The van der Waals surface area contributed by atoms with Crippen LogP contribution >= 0.6 is 0 Å². The smallest absolute Gasteiger partial charge is 0.254 e. The van der Waals surface area contributed by atoms with Crippen molar-refractivity contribution in [2.24, 2.45) is 0 Å². The summed E-state index contributed by atoms with van der Waals surface area (Å²) in [7, 11) is 0. The van der Waals surface area contributed by atoms with Gasteiger partial charge in [0.1, 0.15) is 0 Å². The Morgan fingerprint density at radius 2 is 1.70 bits per heavy atom. The summed E-state index contributed by atoms with van der Waals surface area (Å²) in [5.41, 5.74) is 6.25. The van der Waals surface area contributed by atoms with Gasteiger partial charge in [0.2, 0.25) is 5.91 Å². The number of aryl methyl sites for hydroxylation is 1. The maximum atomic E-state index is 12.9. The van der Waals surface area contributed by atoms with Gasteiger partial charge in [0.05, 0.1) is 13.2 Å². The van der Waals surface area contributed by atoms with Gasteiger partial charge in [0.25, 0.3) is 5.91 Å². The highest BCUT2D eigenvalue weighted by molar-refractivity contribution is 6.04. The number of aromatic nitrogens is 1. The lowest BCUT2D eigenvalue weighted by Crippen LogP contribution is -2.41. The van der Waals surface area contributed by atoms with Crippen LogP contribution in [0.2, 0.25) is 0 Å². The van der Waals surface area contributed by atoms with Crippen LogP contribution in [-0.2, 0) is 9.53 Å². The summed E-state index contributed by atoms with van der Waals surface area (Å²) in [6.07, 6.45) is 3.36. The summed E-state index contributed by atoms with van der Waals surface area (Å²) in [5, 5.41) is 2.92. The van der Waals surface area contributed by atoms with Crippen LogP contribution in [0.25, 0.3) is 11.8 Å². The van der Waals surface area contributed by atoms with E-state index >= 15 is 0 Å². The number of hydrogen-bond donors (Lipinski definition) is 1. The average molecular weight is 444 g/mol. The van der Waals surface area contributed by atoms with Crippen LogP contribution in [-0.4, -0.2) is 47.6 Å². The molecular weight excluding hydrogens is 414 g/mol. The van der Waals surface area contributed by atoms with Crippen LogP contribution in [0.1, 0.15) is 32.9 Å². The Bertz CT molecular complexity index is 1190. The summed E-state index contributed by atoms with van der Waals surface area (Å²) >= 11 is 0. The van der Waals surface area contributed by atoms with Crippen LogP contribution in [0, 0.1) is 20.8 Å². The van der Waals surface area contributed by atoms with Gasteiger partial charge < -0.3 is 19.5 Å². The molecule has 2 amide bonds. The van der Waals surface area contributed by atoms with Crippen molar-refractivity contribution in [1.29, 1.82) is 0 Å². The molecule has 33 heavy (non-hydrogen) atoms. The van der Waals surface area contributed by atoms with Crippen LogP contribution in [0.3, 0.4) is 0 Å². The zero-order chi connectivity index (χ0) is 23.4. The molecule has 1 aliphatic heterocycles. The molecule has 1 N–H and O–H groups in total. The van der Waals surface area contributed by atoms with Gasteiger partial charge in [-0.1, -0.05) is 24.3 Å². The minimum Gasteiger partial charge on any atom is -0.378 e. The van der Waals surface area contributed by atoms with Gasteiger partial charge in [0.15, 0.2) is 0 Å². The monoisotopic (exact) mass is 443 g/mol. The number of hydrogen-bond acceptors (Lipinski definition) is 3. The van der Waals surface area contributed by atoms with E-state index in [0.29, 0.717) is 37.6 Å². The SMILES string of the molecule is Cc1c(NC(=O)C=Cc2cc(C)n(-c3ccccc3)c2C)cccc1C(=O)N1CCOCC1. The average Bonchev–Trinajstić information content (AvgIpc) is 3.12. The predicted octanol–water partition coefficient (Wildman–Crippen LogP) is 4.53. The van der Waals surface area contributed by atoms with Crippen molar-refractivity contribution >= 4 is 23.6 Å². The molecule has 0 aliphatic carbocycles. The number of benzene rings is 2. The number of nitrogens with zero attached hydrogens (tertiary/aromatic N) is 2. The molecule has 0 spiro atoms. The van der Waals surface area contributed by atoms with E-state index in [2.05, 4.69) is 35.0 Å². The first-order chi connectivity index (χ1) is 16.0. The largest absolute Gasteiger partial charge is 0.378 e. The number of carbonyl (C=O) groups excluding carboxylic acids is 2. The van der Waals surface area contributed by atoms with Crippen molar-refractivity contribution in [3.63, 3.8) is 0 Å². The number of rotatable bonds is 5. The van der Waals surface area contributed by atoms with Gasteiger partial charge in [-0.2, -0.15) is 0 Å². The van der Waals surface area contributed by atoms with Gasteiger partial charge in [-0.15, -0.1) is 0 Å². The fourth-order valence-corrected chi connectivity index (χ4v) is 4.21. The maximum absolute atomic E-state index is 12.9. The van der Waals surface area contributed by atoms with E-state index in [9.17, 15) is 9.59 Å². The highest BCUT2D eigenvalue weighted by atomic mass is 16.5. The molecule has 0 atom stereocenters. The number of ether oxygens (including phenoxy) is 1. The Morgan fingerprint density at radius 1 is 0.970 bits per heavy atom. The molecule has 2 heterocycles. The first kappa shape index (κ1) is 22.6. The number of para-hydroxylation sites is 1. The second-order valence-electron chi connectivity index (χ2n) is 8.20. The summed E-state index contributed by atoms with van der Waals surface area (Å²) in [6.45, 7) is 8.23. The number of nitrogens with one attached hydrogen (secondary N) is 1. The van der Waals surface area contributed by atoms with Gasteiger partial charge in [-0.25, -0.2) is 0 Å². The topological polar surface area (TPSA) is 63.6 Å². The molecule has 6 heteroatoms. The van der Waals surface area contributed by atoms with E-state index in [1.165, 1.54) is 6.08 Å². The Morgan fingerprint density at radius 3 is 2.42 bits per heavy atom. The van der Waals surface area contributed by atoms with Crippen molar-refractivity contribution in [2.75, 3.05) is 31.6 Å². The Labute approximate surface area is 194 Å². The third-order valence-electron chi connectivity index (χ3n) is 6.02. The van der Waals surface area contributed by atoms with Gasteiger partial charge in [-0.3, -0.25) is 9.59 Å². The first-order valence-electron chi connectivity index (χ1n) is 11.2. The van der Waals surface area contributed by atoms with Crippen LogP contribution < -0.4 is 5.32 Å². The molecule has 0 bridgehead atoms. The van der Waals surface area contributed by atoms with Crippen molar-refractivity contribution in [3.8, 4) is 5.69 Å². The highest BCUT2D eigenvalue weighted by Gasteiger charge is 2.21. The molecule has 1 aliphatic rings.